The monoisotopic (exact) mass is 261 g/mol. The maximum absolute atomic E-state index is 5.53. The van der Waals surface area contributed by atoms with E-state index in [1.165, 1.54) is 11.1 Å². The van der Waals surface area contributed by atoms with Crippen LogP contribution in [0, 0.1) is 0 Å². The van der Waals surface area contributed by atoms with Gasteiger partial charge in [0.05, 0.1) is 5.69 Å². The molecule has 0 unspecified atom stereocenters. The Hall–Kier alpha value is -2.74. The van der Waals surface area contributed by atoms with E-state index < -0.39 is 0 Å². The van der Waals surface area contributed by atoms with Crippen LogP contribution in [-0.4, -0.2) is 0 Å². The summed E-state index contributed by atoms with van der Waals surface area (Å²) in [5.41, 5.74) is 6.23. The minimum absolute atomic E-state index is 0.786. The van der Waals surface area contributed by atoms with Crippen molar-refractivity contribution in [3.05, 3.63) is 84.9 Å². The first-order valence-corrected chi connectivity index (χ1v) is 6.55. The highest BCUT2D eigenvalue weighted by Crippen LogP contribution is 2.22. The Morgan fingerprint density at radius 1 is 0.550 bits per heavy atom. The van der Waals surface area contributed by atoms with Crippen molar-refractivity contribution in [1.29, 1.82) is 0 Å². The van der Waals surface area contributed by atoms with Crippen LogP contribution in [-0.2, 0) is 0 Å². The van der Waals surface area contributed by atoms with Crippen molar-refractivity contribution < 1.29 is 4.84 Å². The van der Waals surface area contributed by atoms with Gasteiger partial charge in [-0.05, 0) is 35.4 Å². The van der Waals surface area contributed by atoms with Gasteiger partial charge in [0.15, 0.2) is 5.75 Å². The van der Waals surface area contributed by atoms with Crippen molar-refractivity contribution in [3.63, 3.8) is 0 Å². The largest absolute Gasteiger partial charge is 0.382 e. The standard InChI is InChI=1S/C18H15NO/c1-3-7-15(8-4-1)16-11-13-18(14-12-16)20-19-17-9-5-2-6-10-17/h1-14,19H. The molecule has 0 spiro atoms. The lowest BCUT2D eigenvalue weighted by Crippen LogP contribution is -2.03. The van der Waals surface area contributed by atoms with Gasteiger partial charge in [-0.15, -0.1) is 0 Å². The molecule has 3 rings (SSSR count). The molecule has 0 fully saturated rings. The minimum atomic E-state index is 0.786. The van der Waals surface area contributed by atoms with Gasteiger partial charge in [0.2, 0.25) is 0 Å². The van der Waals surface area contributed by atoms with Gasteiger partial charge in [0.25, 0.3) is 0 Å². The van der Waals surface area contributed by atoms with E-state index in [9.17, 15) is 0 Å². The second-order valence-electron chi connectivity index (χ2n) is 4.46. The third kappa shape index (κ3) is 2.98. The minimum Gasteiger partial charge on any atom is -0.382 e. The van der Waals surface area contributed by atoms with E-state index in [-0.39, 0.29) is 0 Å². The molecule has 2 nitrogen and oxygen atoms in total. The van der Waals surface area contributed by atoms with E-state index in [4.69, 9.17) is 4.84 Å². The second kappa shape index (κ2) is 5.93. The number of para-hydroxylation sites is 1. The average molecular weight is 261 g/mol. The van der Waals surface area contributed by atoms with Gasteiger partial charge in [0, 0.05) is 0 Å². The first-order valence-electron chi connectivity index (χ1n) is 6.55. The van der Waals surface area contributed by atoms with E-state index in [0.29, 0.717) is 0 Å². The zero-order chi connectivity index (χ0) is 13.6. The molecule has 1 N–H and O–H groups in total. The molecule has 0 saturated heterocycles. The molecule has 3 aromatic carbocycles. The highest BCUT2D eigenvalue weighted by Gasteiger charge is 1.98. The predicted molar refractivity (Wildman–Crippen MR) is 82.6 cm³/mol. The first-order chi connectivity index (χ1) is 9.92. The topological polar surface area (TPSA) is 21.3 Å². The highest BCUT2D eigenvalue weighted by atomic mass is 16.6. The van der Waals surface area contributed by atoms with Gasteiger partial charge >= 0.3 is 0 Å². The van der Waals surface area contributed by atoms with Gasteiger partial charge in [-0.1, -0.05) is 60.7 Å². The van der Waals surface area contributed by atoms with Crippen LogP contribution in [0.25, 0.3) is 11.1 Å². The molecule has 98 valence electrons. The van der Waals surface area contributed by atoms with E-state index in [1.807, 2.05) is 60.7 Å². The fraction of sp³-hybridized carbons (Fsp3) is 0. The lowest BCUT2D eigenvalue weighted by Gasteiger charge is -2.08. The molecular weight excluding hydrogens is 246 g/mol. The Balaban J connectivity index is 1.68. The van der Waals surface area contributed by atoms with Crippen molar-refractivity contribution in [3.8, 4) is 16.9 Å². The van der Waals surface area contributed by atoms with Gasteiger partial charge in [0.1, 0.15) is 0 Å². The number of benzene rings is 3. The number of anilines is 1. The molecular formula is C18H15NO. The lowest BCUT2D eigenvalue weighted by molar-refractivity contribution is 0.405. The van der Waals surface area contributed by atoms with Crippen LogP contribution in [0.3, 0.4) is 0 Å². The summed E-state index contributed by atoms with van der Waals surface area (Å²) in [6.07, 6.45) is 0. The lowest BCUT2D eigenvalue weighted by atomic mass is 10.1. The third-order valence-corrected chi connectivity index (χ3v) is 3.02. The molecule has 0 saturated carbocycles. The van der Waals surface area contributed by atoms with E-state index in [0.717, 1.165) is 11.4 Å². The summed E-state index contributed by atoms with van der Waals surface area (Å²) in [6, 6.07) is 28.1. The summed E-state index contributed by atoms with van der Waals surface area (Å²) in [6.45, 7) is 0. The SMILES string of the molecule is c1ccc(NOc2ccc(-c3ccccc3)cc2)cc1. The summed E-state index contributed by atoms with van der Waals surface area (Å²) >= 11 is 0. The van der Waals surface area contributed by atoms with Crippen LogP contribution in [0.5, 0.6) is 5.75 Å². The Morgan fingerprint density at radius 3 is 1.75 bits per heavy atom. The van der Waals surface area contributed by atoms with Crippen molar-refractivity contribution in [2.75, 3.05) is 5.48 Å². The van der Waals surface area contributed by atoms with Crippen LogP contribution in [0.1, 0.15) is 0 Å². The fourth-order valence-corrected chi connectivity index (χ4v) is 1.97. The summed E-state index contributed by atoms with van der Waals surface area (Å²) in [5, 5.41) is 0. The molecule has 0 aliphatic carbocycles. The van der Waals surface area contributed by atoms with Crippen LogP contribution in [0.2, 0.25) is 0 Å². The van der Waals surface area contributed by atoms with Crippen LogP contribution in [0.15, 0.2) is 84.9 Å². The van der Waals surface area contributed by atoms with Crippen molar-refractivity contribution in [1.82, 2.24) is 0 Å². The van der Waals surface area contributed by atoms with Crippen molar-refractivity contribution in [2.45, 2.75) is 0 Å². The molecule has 0 aliphatic heterocycles. The van der Waals surface area contributed by atoms with Crippen LogP contribution < -0.4 is 10.3 Å². The molecule has 0 aromatic heterocycles. The van der Waals surface area contributed by atoms with Crippen LogP contribution >= 0.6 is 0 Å². The molecule has 0 amide bonds. The van der Waals surface area contributed by atoms with Gasteiger partial charge in [-0.2, -0.15) is 0 Å². The highest BCUT2D eigenvalue weighted by molar-refractivity contribution is 5.63. The summed E-state index contributed by atoms with van der Waals surface area (Å²) in [7, 11) is 0. The molecule has 3 aromatic rings. The molecule has 0 radical (unpaired) electrons. The Bertz CT molecular complexity index is 648. The molecule has 0 aliphatic rings. The second-order valence-corrected chi connectivity index (χ2v) is 4.46. The predicted octanol–water partition coefficient (Wildman–Crippen LogP) is 4.76. The average Bonchev–Trinajstić information content (AvgIpc) is 2.55. The van der Waals surface area contributed by atoms with Crippen LogP contribution in [0.4, 0.5) is 5.69 Å². The number of nitrogens with one attached hydrogen (secondary N) is 1. The van der Waals surface area contributed by atoms with E-state index >= 15 is 0 Å². The Labute approximate surface area is 118 Å². The smallest absolute Gasteiger partial charge is 0.155 e. The molecule has 0 bridgehead atoms. The van der Waals surface area contributed by atoms with E-state index in [2.05, 4.69) is 29.7 Å². The summed E-state index contributed by atoms with van der Waals surface area (Å²) < 4.78 is 0. The third-order valence-electron chi connectivity index (χ3n) is 3.02. The maximum Gasteiger partial charge on any atom is 0.155 e. The number of hydrogen-bond acceptors (Lipinski definition) is 2. The normalized spacial score (nSPS) is 10.0. The van der Waals surface area contributed by atoms with Crippen molar-refractivity contribution >= 4 is 5.69 Å². The summed E-state index contributed by atoms with van der Waals surface area (Å²) in [4.78, 5) is 5.53. The molecule has 0 atom stereocenters. The maximum atomic E-state index is 5.53. The Morgan fingerprint density at radius 2 is 1.10 bits per heavy atom. The first kappa shape index (κ1) is 12.3. The zero-order valence-electron chi connectivity index (χ0n) is 11.0. The quantitative estimate of drug-likeness (QED) is 0.684. The van der Waals surface area contributed by atoms with Gasteiger partial charge in [-0.25, -0.2) is 5.48 Å². The fourth-order valence-electron chi connectivity index (χ4n) is 1.97. The number of hydrogen-bond donors (Lipinski definition) is 1. The Kier molecular flexibility index (Phi) is 3.65. The van der Waals surface area contributed by atoms with E-state index in [1.54, 1.807) is 0 Å². The molecule has 0 heterocycles. The molecule has 20 heavy (non-hydrogen) atoms. The van der Waals surface area contributed by atoms with Gasteiger partial charge < -0.3 is 4.84 Å². The van der Waals surface area contributed by atoms with Crippen molar-refractivity contribution in [2.24, 2.45) is 0 Å². The van der Waals surface area contributed by atoms with Gasteiger partial charge in [-0.3, -0.25) is 0 Å². The number of rotatable bonds is 4. The zero-order valence-corrected chi connectivity index (χ0v) is 11.0. The summed E-state index contributed by atoms with van der Waals surface area (Å²) in [5.74, 6) is 0.786. The molecule has 2 heteroatoms.